The molecular formula is C23H29NO6. The van der Waals surface area contributed by atoms with Crippen molar-refractivity contribution in [3.8, 4) is 11.5 Å². The van der Waals surface area contributed by atoms with E-state index in [1.807, 2.05) is 26.8 Å². The Labute approximate surface area is 175 Å². The lowest BCUT2D eigenvalue weighted by Crippen LogP contribution is -2.41. The first-order chi connectivity index (χ1) is 14.2. The fourth-order valence-electron chi connectivity index (χ4n) is 4.43. The number of fused-ring (bicyclic) bond motifs is 3. The number of likely N-dealkylation sites (tertiary alicyclic amines) is 1. The van der Waals surface area contributed by atoms with Gasteiger partial charge in [0.05, 0.1) is 30.6 Å². The van der Waals surface area contributed by atoms with Gasteiger partial charge in [-0.05, 0) is 52.0 Å². The maximum Gasteiger partial charge on any atom is 0.340 e. The van der Waals surface area contributed by atoms with Gasteiger partial charge in [0, 0.05) is 24.7 Å². The molecule has 0 saturated carbocycles. The number of hydrogen-bond donors (Lipinski definition) is 1. The van der Waals surface area contributed by atoms with Crippen LogP contribution in [0.25, 0.3) is 11.0 Å². The largest absolute Gasteiger partial charge is 0.496 e. The highest BCUT2D eigenvalue weighted by Gasteiger charge is 2.31. The highest BCUT2D eigenvalue weighted by Crippen LogP contribution is 2.43. The molecule has 1 aromatic heterocycles. The number of piperidine rings is 1. The van der Waals surface area contributed by atoms with E-state index in [2.05, 4.69) is 0 Å². The average Bonchev–Trinajstić information content (AvgIpc) is 2.69. The highest BCUT2D eigenvalue weighted by molar-refractivity contribution is 5.93. The quantitative estimate of drug-likeness (QED) is 0.776. The fourth-order valence-corrected chi connectivity index (χ4v) is 4.43. The van der Waals surface area contributed by atoms with Crippen LogP contribution in [0.1, 0.15) is 49.8 Å². The summed E-state index contributed by atoms with van der Waals surface area (Å²) in [5.74, 6) is 1.12. The number of rotatable bonds is 3. The molecule has 1 amide bonds. The van der Waals surface area contributed by atoms with Crippen LogP contribution in [-0.4, -0.2) is 47.8 Å². The molecule has 7 nitrogen and oxygen atoms in total. The molecule has 162 valence electrons. The van der Waals surface area contributed by atoms with Crippen LogP contribution in [0.5, 0.6) is 11.5 Å². The second-order valence-electron chi connectivity index (χ2n) is 8.90. The summed E-state index contributed by atoms with van der Waals surface area (Å²) >= 11 is 0. The average molecular weight is 415 g/mol. The molecule has 2 aliphatic rings. The van der Waals surface area contributed by atoms with Crippen molar-refractivity contribution in [2.24, 2.45) is 0 Å². The van der Waals surface area contributed by atoms with Crippen LogP contribution in [0, 0.1) is 6.92 Å². The van der Waals surface area contributed by atoms with Gasteiger partial charge in [-0.15, -0.1) is 0 Å². The first-order valence-electron chi connectivity index (χ1n) is 10.5. The van der Waals surface area contributed by atoms with Crippen LogP contribution in [0.3, 0.4) is 0 Å². The first-order valence-corrected chi connectivity index (χ1v) is 10.5. The van der Waals surface area contributed by atoms with Gasteiger partial charge in [0.25, 0.3) is 0 Å². The van der Waals surface area contributed by atoms with Gasteiger partial charge < -0.3 is 23.9 Å². The van der Waals surface area contributed by atoms with E-state index in [1.54, 1.807) is 12.0 Å². The Morgan fingerprint density at radius 1 is 1.33 bits per heavy atom. The number of ether oxygens (including phenoxy) is 2. The number of methoxy groups -OCH3 is 1. The van der Waals surface area contributed by atoms with Crippen molar-refractivity contribution in [1.82, 2.24) is 4.90 Å². The van der Waals surface area contributed by atoms with Crippen molar-refractivity contribution >= 4 is 16.9 Å². The number of aryl methyl sites for hydroxylation is 2. The summed E-state index contributed by atoms with van der Waals surface area (Å²) in [6, 6.07) is 1.85. The van der Waals surface area contributed by atoms with Crippen LogP contribution in [-0.2, 0) is 17.6 Å². The lowest BCUT2D eigenvalue weighted by molar-refractivity contribution is -0.132. The molecule has 0 spiro atoms. The minimum absolute atomic E-state index is 0.0238. The number of aliphatic hydroxyl groups excluding tert-OH is 1. The van der Waals surface area contributed by atoms with Crippen LogP contribution >= 0.6 is 0 Å². The summed E-state index contributed by atoms with van der Waals surface area (Å²) in [6.45, 7) is 6.90. The van der Waals surface area contributed by atoms with Crippen molar-refractivity contribution in [3.63, 3.8) is 0 Å². The maximum atomic E-state index is 12.9. The molecule has 1 aromatic carbocycles. The van der Waals surface area contributed by atoms with Gasteiger partial charge in [-0.1, -0.05) is 0 Å². The number of carbonyl (C=O) groups excluding carboxylic acids is 1. The minimum atomic E-state index is -0.495. The Morgan fingerprint density at radius 2 is 2.03 bits per heavy atom. The fraction of sp³-hybridized carbons (Fsp3) is 0.565. The van der Waals surface area contributed by atoms with Crippen LogP contribution in [0.15, 0.2) is 15.3 Å². The minimum Gasteiger partial charge on any atom is -0.496 e. The van der Waals surface area contributed by atoms with E-state index in [4.69, 9.17) is 13.9 Å². The third-order valence-electron chi connectivity index (χ3n) is 6.30. The zero-order chi connectivity index (χ0) is 21.6. The molecule has 3 heterocycles. The van der Waals surface area contributed by atoms with Gasteiger partial charge in [0.1, 0.15) is 22.7 Å². The molecule has 4 rings (SSSR count). The Bertz CT molecular complexity index is 1050. The molecule has 0 aliphatic carbocycles. The summed E-state index contributed by atoms with van der Waals surface area (Å²) in [7, 11) is 1.57. The normalized spacial score (nSPS) is 18.8. The van der Waals surface area contributed by atoms with Crippen LogP contribution in [0.4, 0.5) is 0 Å². The number of carbonyl (C=O) groups is 1. The Morgan fingerprint density at radius 3 is 2.70 bits per heavy atom. The van der Waals surface area contributed by atoms with E-state index in [1.165, 1.54) is 0 Å². The zero-order valence-electron chi connectivity index (χ0n) is 18.0. The molecule has 30 heavy (non-hydrogen) atoms. The predicted octanol–water partition coefficient (Wildman–Crippen LogP) is 2.74. The molecule has 1 N–H and O–H groups in total. The van der Waals surface area contributed by atoms with E-state index in [0.29, 0.717) is 54.1 Å². The topological polar surface area (TPSA) is 89.2 Å². The number of nitrogens with zero attached hydrogens (tertiary/aromatic N) is 1. The van der Waals surface area contributed by atoms with Gasteiger partial charge in [-0.3, -0.25) is 4.79 Å². The number of hydrogen-bond acceptors (Lipinski definition) is 6. The second-order valence-corrected chi connectivity index (χ2v) is 8.90. The standard InChI is InChI=1S/C23H29NO6/c1-13-16(11-19(26)24-9-6-14(25)7-10-24)22(27)29-21-15-5-8-23(2,3)30-17(15)12-18(28-4)20(13)21/h12,14,25H,5-11H2,1-4H3. The summed E-state index contributed by atoms with van der Waals surface area (Å²) < 4.78 is 17.5. The molecule has 2 aliphatic heterocycles. The SMILES string of the molecule is COc1cc2c(c3oc(=O)c(CC(=O)N4CCC(O)CC4)c(C)c13)CCC(C)(C)O2. The molecule has 2 aromatic rings. The number of aliphatic hydroxyl groups is 1. The summed E-state index contributed by atoms with van der Waals surface area (Å²) in [4.78, 5) is 27.4. The van der Waals surface area contributed by atoms with Crippen molar-refractivity contribution in [2.45, 2.75) is 64.6 Å². The molecule has 1 fully saturated rings. The Hall–Kier alpha value is -2.54. The predicted molar refractivity (Wildman–Crippen MR) is 112 cm³/mol. The first kappa shape index (κ1) is 20.7. The number of amides is 1. The van der Waals surface area contributed by atoms with Gasteiger partial charge in [-0.25, -0.2) is 4.79 Å². The molecule has 1 saturated heterocycles. The summed E-state index contributed by atoms with van der Waals surface area (Å²) in [5.41, 5.74) is 1.62. The highest BCUT2D eigenvalue weighted by atomic mass is 16.5. The van der Waals surface area contributed by atoms with Crippen LogP contribution in [0.2, 0.25) is 0 Å². The molecule has 0 radical (unpaired) electrons. The lowest BCUT2D eigenvalue weighted by atomic mass is 9.91. The van der Waals surface area contributed by atoms with Gasteiger partial charge in [0.2, 0.25) is 5.91 Å². The third kappa shape index (κ3) is 3.67. The van der Waals surface area contributed by atoms with Gasteiger partial charge in [-0.2, -0.15) is 0 Å². The molecule has 0 atom stereocenters. The lowest BCUT2D eigenvalue weighted by Gasteiger charge is -2.33. The molecule has 0 bridgehead atoms. The molecule has 7 heteroatoms. The zero-order valence-corrected chi connectivity index (χ0v) is 18.0. The second kappa shape index (κ2) is 7.61. The number of benzene rings is 1. The van der Waals surface area contributed by atoms with Crippen molar-refractivity contribution in [3.05, 3.63) is 33.2 Å². The summed E-state index contributed by atoms with van der Waals surface area (Å²) in [5, 5.41) is 10.4. The smallest absolute Gasteiger partial charge is 0.340 e. The van der Waals surface area contributed by atoms with E-state index in [0.717, 1.165) is 23.8 Å². The third-order valence-corrected chi connectivity index (χ3v) is 6.30. The van der Waals surface area contributed by atoms with Gasteiger partial charge in [0.15, 0.2) is 0 Å². The van der Waals surface area contributed by atoms with Crippen LogP contribution < -0.4 is 15.1 Å². The van der Waals surface area contributed by atoms with E-state index < -0.39 is 5.63 Å². The van der Waals surface area contributed by atoms with Crippen molar-refractivity contribution in [2.75, 3.05) is 20.2 Å². The summed E-state index contributed by atoms with van der Waals surface area (Å²) in [6.07, 6.45) is 2.29. The van der Waals surface area contributed by atoms with Crippen molar-refractivity contribution < 1.29 is 23.8 Å². The van der Waals surface area contributed by atoms with E-state index in [9.17, 15) is 14.7 Å². The van der Waals surface area contributed by atoms with Crippen molar-refractivity contribution in [1.29, 1.82) is 0 Å². The Kier molecular flexibility index (Phi) is 5.26. The van der Waals surface area contributed by atoms with E-state index >= 15 is 0 Å². The van der Waals surface area contributed by atoms with Gasteiger partial charge >= 0.3 is 5.63 Å². The molecular weight excluding hydrogens is 386 g/mol. The Balaban J connectivity index is 1.76. The monoisotopic (exact) mass is 415 g/mol. The van der Waals surface area contributed by atoms with E-state index in [-0.39, 0.29) is 24.0 Å². The maximum absolute atomic E-state index is 12.9. The molecule has 0 unspecified atom stereocenters.